The van der Waals surface area contributed by atoms with Gasteiger partial charge < -0.3 is 10.5 Å². The minimum absolute atomic E-state index is 0.0993. The number of nitrogens with two attached hydrogens (primary N) is 1. The van der Waals surface area contributed by atoms with Crippen LogP contribution in [0.5, 0.6) is 0 Å². The number of rotatable bonds is 3. The first-order valence-corrected chi connectivity index (χ1v) is 6.79. The van der Waals surface area contributed by atoms with E-state index < -0.39 is 0 Å². The van der Waals surface area contributed by atoms with Crippen LogP contribution in [0.3, 0.4) is 0 Å². The smallest absolute Gasteiger partial charge is 0.0888 e. The molecule has 0 radical (unpaired) electrons. The largest absolute Gasteiger partial charge is 0.376 e. The van der Waals surface area contributed by atoms with Crippen molar-refractivity contribution in [2.75, 3.05) is 7.11 Å². The Hall–Kier alpha value is -0.870. The number of methoxy groups -OCH3 is 1. The fourth-order valence-corrected chi connectivity index (χ4v) is 3.39. The lowest BCUT2D eigenvalue weighted by molar-refractivity contribution is -0.0734. The van der Waals surface area contributed by atoms with Crippen molar-refractivity contribution in [3.63, 3.8) is 0 Å². The maximum absolute atomic E-state index is 6.54. The minimum Gasteiger partial charge on any atom is -0.376 e. The van der Waals surface area contributed by atoms with Crippen molar-refractivity contribution in [2.45, 2.75) is 51.2 Å². The van der Waals surface area contributed by atoms with Gasteiger partial charge in [-0.05, 0) is 31.2 Å². The second-order valence-electron chi connectivity index (χ2n) is 5.78. The zero-order valence-corrected chi connectivity index (χ0v) is 11.9. The number of hydrogen-bond acceptors (Lipinski definition) is 3. The molecule has 0 aromatic carbocycles. The number of aryl methyl sites for hydroxylation is 2. The highest BCUT2D eigenvalue weighted by Crippen LogP contribution is 2.42. The zero-order valence-electron chi connectivity index (χ0n) is 11.9. The van der Waals surface area contributed by atoms with Crippen molar-refractivity contribution in [3.8, 4) is 0 Å². The highest BCUT2D eigenvalue weighted by Gasteiger charge is 2.42. The molecule has 0 aliphatic heterocycles. The van der Waals surface area contributed by atoms with Gasteiger partial charge in [0.15, 0.2) is 0 Å². The molecule has 1 saturated carbocycles. The van der Waals surface area contributed by atoms with Crippen molar-refractivity contribution in [2.24, 2.45) is 18.7 Å². The van der Waals surface area contributed by atoms with Crippen LogP contribution in [-0.2, 0) is 11.8 Å². The first kappa shape index (κ1) is 13.6. The van der Waals surface area contributed by atoms with Crippen LogP contribution >= 0.6 is 0 Å². The average molecular weight is 251 g/mol. The van der Waals surface area contributed by atoms with Crippen LogP contribution in [0.2, 0.25) is 0 Å². The fraction of sp³-hybridized carbons (Fsp3) is 0.786. The molecule has 1 fully saturated rings. The van der Waals surface area contributed by atoms with E-state index in [4.69, 9.17) is 10.5 Å². The monoisotopic (exact) mass is 251 g/mol. The molecule has 3 atom stereocenters. The molecule has 0 bridgehead atoms. The summed E-state index contributed by atoms with van der Waals surface area (Å²) in [6, 6.07) is -0.0993. The summed E-state index contributed by atoms with van der Waals surface area (Å²) in [4.78, 5) is 0. The molecule has 4 nitrogen and oxygen atoms in total. The normalized spacial score (nSPS) is 30.4. The van der Waals surface area contributed by atoms with Gasteiger partial charge in [0.1, 0.15) is 0 Å². The van der Waals surface area contributed by atoms with Gasteiger partial charge in [-0.15, -0.1) is 0 Å². The predicted octanol–water partition coefficient (Wildman–Crippen LogP) is 2.32. The highest BCUT2D eigenvalue weighted by atomic mass is 16.5. The third-order valence-corrected chi connectivity index (χ3v) is 4.44. The maximum Gasteiger partial charge on any atom is 0.0888 e. The van der Waals surface area contributed by atoms with E-state index in [-0.39, 0.29) is 11.6 Å². The van der Waals surface area contributed by atoms with Gasteiger partial charge >= 0.3 is 0 Å². The first-order valence-electron chi connectivity index (χ1n) is 6.79. The lowest BCUT2D eigenvalue weighted by atomic mass is 9.73. The molecule has 2 N–H and O–H groups in total. The summed E-state index contributed by atoms with van der Waals surface area (Å²) in [6.07, 6.45) is 6.43. The van der Waals surface area contributed by atoms with E-state index in [0.717, 1.165) is 24.1 Å². The Bertz CT molecular complexity index is 396. The Morgan fingerprint density at radius 2 is 2.33 bits per heavy atom. The van der Waals surface area contributed by atoms with Crippen molar-refractivity contribution in [1.29, 1.82) is 0 Å². The Labute approximate surface area is 110 Å². The number of hydrogen-bond donors (Lipinski definition) is 1. The summed E-state index contributed by atoms with van der Waals surface area (Å²) in [5, 5.41) is 4.30. The number of ether oxygens (including phenoxy) is 1. The predicted molar refractivity (Wildman–Crippen MR) is 72.2 cm³/mol. The van der Waals surface area contributed by atoms with Gasteiger partial charge in [-0.2, -0.15) is 5.10 Å². The zero-order chi connectivity index (χ0) is 13.3. The molecular formula is C14H25N3O. The van der Waals surface area contributed by atoms with Gasteiger partial charge in [0.25, 0.3) is 0 Å². The fourth-order valence-electron chi connectivity index (χ4n) is 3.39. The van der Waals surface area contributed by atoms with E-state index in [1.807, 2.05) is 17.9 Å². The van der Waals surface area contributed by atoms with Crippen LogP contribution in [-0.4, -0.2) is 22.5 Å². The third kappa shape index (κ3) is 2.19. The lowest BCUT2D eigenvalue weighted by Gasteiger charge is -2.43. The van der Waals surface area contributed by atoms with Crippen molar-refractivity contribution in [1.82, 2.24) is 9.78 Å². The SMILES string of the molecule is COC1(C(N)c2c(C)cnn2C)CCCC(C)C1. The molecule has 4 heteroatoms. The van der Waals surface area contributed by atoms with Gasteiger partial charge in [0.2, 0.25) is 0 Å². The third-order valence-electron chi connectivity index (χ3n) is 4.44. The van der Waals surface area contributed by atoms with Gasteiger partial charge in [0, 0.05) is 14.2 Å². The summed E-state index contributed by atoms with van der Waals surface area (Å²) in [6.45, 7) is 4.35. The lowest BCUT2D eigenvalue weighted by Crippen LogP contribution is -2.47. The summed E-state index contributed by atoms with van der Waals surface area (Å²) in [5.74, 6) is 0.679. The molecule has 1 aromatic rings. The molecule has 0 saturated heterocycles. The van der Waals surface area contributed by atoms with Crippen LogP contribution in [0.25, 0.3) is 0 Å². The van der Waals surface area contributed by atoms with Crippen molar-refractivity contribution >= 4 is 0 Å². The van der Waals surface area contributed by atoms with E-state index in [0.29, 0.717) is 5.92 Å². The van der Waals surface area contributed by atoms with Crippen molar-refractivity contribution in [3.05, 3.63) is 17.5 Å². The minimum atomic E-state index is -0.226. The Morgan fingerprint density at radius 3 is 2.83 bits per heavy atom. The van der Waals surface area contributed by atoms with Crippen LogP contribution in [0.15, 0.2) is 6.20 Å². The van der Waals surface area contributed by atoms with Crippen LogP contribution in [0.4, 0.5) is 0 Å². The van der Waals surface area contributed by atoms with E-state index >= 15 is 0 Å². The molecule has 1 aromatic heterocycles. The molecule has 2 rings (SSSR count). The summed E-state index contributed by atoms with van der Waals surface area (Å²) >= 11 is 0. The van der Waals surface area contributed by atoms with Gasteiger partial charge in [-0.3, -0.25) is 4.68 Å². The molecule has 1 aliphatic carbocycles. The molecule has 0 spiro atoms. The average Bonchev–Trinajstić information content (AvgIpc) is 2.68. The molecule has 3 unspecified atom stereocenters. The highest BCUT2D eigenvalue weighted by molar-refractivity contribution is 5.23. The van der Waals surface area contributed by atoms with Crippen LogP contribution in [0.1, 0.15) is 49.9 Å². The van der Waals surface area contributed by atoms with E-state index in [1.54, 1.807) is 7.11 Å². The molecule has 18 heavy (non-hydrogen) atoms. The summed E-state index contributed by atoms with van der Waals surface area (Å²) in [7, 11) is 3.75. The Morgan fingerprint density at radius 1 is 1.61 bits per heavy atom. The Kier molecular flexibility index (Phi) is 3.78. The first-order chi connectivity index (χ1) is 8.50. The molecule has 102 valence electrons. The topological polar surface area (TPSA) is 53.1 Å². The second-order valence-corrected chi connectivity index (χ2v) is 5.78. The summed E-state index contributed by atoms with van der Waals surface area (Å²) < 4.78 is 7.77. The van der Waals surface area contributed by atoms with Crippen molar-refractivity contribution < 1.29 is 4.74 Å². The molecular weight excluding hydrogens is 226 g/mol. The quantitative estimate of drug-likeness (QED) is 0.897. The molecule has 1 heterocycles. The van der Waals surface area contributed by atoms with Gasteiger partial charge in [-0.25, -0.2) is 0 Å². The van der Waals surface area contributed by atoms with Gasteiger partial charge in [0.05, 0.1) is 23.5 Å². The van der Waals surface area contributed by atoms with Gasteiger partial charge in [-0.1, -0.05) is 19.8 Å². The van der Waals surface area contributed by atoms with E-state index in [1.165, 1.54) is 12.8 Å². The maximum atomic E-state index is 6.54. The van der Waals surface area contributed by atoms with E-state index in [2.05, 4.69) is 18.9 Å². The molecule has 0 amide bonds. The van der Waals surface area contributed by atoms with Crippen LogP contribution < -0.4 is 5.73 Å². The Balaban J connectivity index is 2.32. The van der Waals surface area contributed by atoms with E-state index in [9.17, 15) is 0 Å². The second kappa shape index (κ2) is 5.02. The number of nitrogens with zero attached hydrogens (tertiary/aromatic N) is 2. The molecule has 1 aliphatic rings. The number of aromatic nitrogens is 2. The van der Waals surface area contributed by atoms with Crippen LogP contribution in [0, 0.1) is 12.8 Å². The standard InChI is InChI=1S/C14H25N3O/c1-10-6-5-7-14(8-10,18-4)13(15)12-11(2)9-16-17(12)3/h9-10,13H,5-8,15H2,1-4H3. The summed E-state index contributed by atoms with van der Waals surface area (Å²) in [5.41, 5.74) is 8.57.